The summed E-state index contributed by atoms with van der Waals surface area (Å²) in [4.78, 5) is 16.8. The molecule has 0 aliphatic heterocycles. The van der Waals surface area contributed by atoms with E-state index in [-0.39, 0.29) is 22.8 Å². The van der Waals surface area contributed by atoms with Crippen molar-refractivity contribution in [2.45, 2.75) is 13.2 Å². The molecule has 0 saturated carbocycles. The van der Waals surface area contributed by atoms with Crippen LogP contribution in [-0.4, -0.2) is 15.5 Å². The summed E-state index contributed by atoms with van der Waals surface area (Å²) >= 11 is 7.45. The molecule has 0 aliphatic carbocycles. The number of para-hydroxylation sites is 2. The number of imidazole rings is 1. The summed E-state index contributed by atoms with van der Waals surface area (Å²) in [5.74, 6) is -0.684. The minimum atomic E-state index is -2.79. The Hall–Kier alpha value is -2.51. The fraction of sp³-hybridized carbons (Fsp3) is 0.111. The van der Waals surface area contributed by atoms with Crippen LogP contribution in [0, 0.1) is 0 Å². The monoisotopic (exact) mass is 392 g/mol. The van der Waals surface area contributed by atoms with E-state index < -0.39 is 12.5 Å². The number of alkyl halides is 2. The van der Waals surface area contributed by atoms with Crippen molar-refractivity contribution >= 4 is 50.0 Å². The number of rotatable bonds is 4. The Morgan fingerprint density at radius 1 is 1.19 bits per heavy atom. The predicted molar refractivity (Wildman–Crippen MR) is 96.9 cm³/mol. The molecule has 132 valence electrons. The van der Waals surface area contributed by atoms with Gasteiger partial charge in [0.25, 0.3) is 0 Å². The van der Waals surface area contributed by atoms with E-state index in [0.29, 0.717) is 10.5 Å². The fourth-order valence-electron chi connectivity index (χ4n) is 2.75. The summed E-state index contributed by atoms with van der Waals surface area (Å²) in [6.45, 7) is -3.16. The van der Waals surface area contributed by atoms with Crippen LogP contribution in [-0.2, 0) is 11.3 Å². The molecule has 0 N–H and O–H groups in total. The summed E-state index contributed by atoms with van der Waals surface area (Å²) in [6.07, 6.45) is 0. The van der Waals surface area contributed by atoms with Gasteiger partial charge in [-0.2, -0.15) is 8.78 Å². The van der Waals surface area contributed by atoms with E-state index in [0.717, 1.165) is 14.7 Å². The van der Waals surface area contributed by atoms with E-state index in [1.54, 1.807) is 30.3 Å². The zero-order valence-corrected chi connectivity index (χ0v) is 14.7. The SMILES string of the molecule is O=C(OCc1nc2ccccc2n1C(F)F)c1sc2ccccc2c1Cl. The molecule has 2 aromatic heterocycles. The van der Waals surface area contributed by atoms with Gasteiger partial charge in [0.15, 0.2) is 5.82 Å². The normalized spacial score (nSPS) is 11.5. The highest BCUT2D eigenvalue weighted by Gasteiger charge is 2.21. The van der Waals surface area contributed by atoms with E-state index in [9.17, 15) is 13.6 Å². The first-order valence-corrected chi connectivity index (χ1v) is 8.84. The molecule has 4 rings (SSSR count). The molecule has 8 heteroatoms. The van der Waals surface area contributed by atoms with E-state index in [1.165, 1.54) is 11.3 Å². The van der Waals surface area contributed by atoms with Gasteiger partial charge in [0.05, 0.1) is 16.1 Å². The van der Waals surface area contributed by atoms with Gasteiger partial charge in [-0.3, -0.25) is 4.57 Å². The number of nitrogens with zero attached hydrogens (tertiary/aromatic N) is 2. The molecule has 0 amide bonds. The van der Waals surface area contributed by atoms with Crippen LogP contribution < -0.4 is 0 Å². The van der Waals surface area contributed by atoms with Gasteiger partial charge in [-0.25, -0.2) is 9.78 Å². The number of carbonyl (C=O) groups excluding carboxylic acids is 1. The molecule has 0 saturated heterocycles. The summed E-state index contributed by atoms with van der Waals surface area (Å²) in [5, 5.41) is 1.06. The van der Waals surface area contributed by atoms with Gasteiger partial charge in [-0.05, 0) is 18.2 Å². The highest BCUT2D eigenvalue weighted by atomic mass is 35.5. The van der Waals surface area contributed by atoms with Crippen LogP contribution in [0.15, 0.2) is 48.5 Å². The largest absolute Gasteiger partial charge is 0.453 e. The molecule has 4 nitrogen and oxygen atoms in total. The first-order chi connectivity index (χ1) is 12.6. The molecular formula is C18H11ClF2N2O2S. The van der Waals surface area contributed by atoms with Crippen LogP contribution >= 0.6 is 22.9 Å². The Kier molecular flexibility index (Phi) is 4.34. The maximum Gasteiger partial charge on any atom is 0.350 e. The van der Waals surface area contributed by atoms with Crippen molar-refractivity contribution in [1.29, 1.82) is 0 Å². The van der Waals surface area contributed by atoms with Crippen LogP contribution in [0.3, 0.4) is 0 Å². The molecule has 0 aliphatic rings. The number of carbonyl (C=O) groups is 1. The number of benzene rings is 2. The van der Waals surface area contributed by atoms with E-state index in [4.69, 9.17) is 16.3 Å². The summed E-state index contributed by atoms with van der Waals surface area (Å²) in [6, 6.07) is 13.8. The number of halogens is 3. The average Bonchev–Trinajstić information content (AvgIpc) is 3.18. The second-order valence-corrected chi connectivity index (χ2v) is 6.91. The van der Waals surface area contributed by atoms with Crippen molar-refractivity contribution in [2.75, 3.05) is 0 Å². The number of fused-ring (bicyclic) bond motifs is 2. The average molecular weight is 393 g/mol. The Morgan fingerprint density at radius 3 is 2.69 bits per heavy atom. The maximum atomic E-state index is 13.4. The zero-order chi connectivity index (χ0) is 18.3. The third-order valence-electron chi connectivity index (χ3n) is 3.92. The van der Waals surface area contributed by atoms with Crippen molar-refractivity contribution in [2.24, 2.45) is 0 Å². The number of thiophene rings is 1. The Balaban J connectivity index is 1.62. The highest BCUT2D eigenvalue weighted by Crippen LogP contribution is 2.35. The minimum Gasteiger partial charge on any atom is -0.453 e. The van der Waals surface area contributed by atoms with Crippen molar-refractivity contribution < 1.29 is 18.3 Å². The fourth-order valence-corrected chi connectivity index (χ4v) is 4.16. The van der Waals surface area contributed by atoms with Gasteiger partial charge in [-0.1, -0.05) is 41.9 Å². The lowest BCUT2D eigenvalue weighted by Gasteiger charge is -2.08. The molecule has 2 heterocycles. The number of hydrogen-bond donors (Lipinski definition) is 0. The lowest BCUT2D eigenvalue weighted by molar-refractivity contribution is 0.0392. The molecule has 0 unspecified atom stereocenters. The second kappa shape index (κ2) is 6.66. The molecule has 0 bridgehead atoms. The lowest BCUT2D eigenvalue weighted by atomic mass is 10.2. The molecule has 0 atom stereocenters. The lowest BCUT2D eigenvalue weighted by Crippen LogP contribution is -2.10. The molecule has 26 heavy (non-hydrogen) atoms. The number of hydrogen-bond acceptors (Lipinski definition) is 4. The highest BCUT2D eigenvalue weighted by molar-refractivity contribution is 7.21. The van der Waals surface area contributed by atoms with Gasteiger partial charge in [0.1, 0.15) is 11.5 Å². The van der Waals surface area contributed by atoms with Crippen molar-refractivity contribution in [3.8, 4) is 0 Å². The van der Waals surface area contributed by atoms with Gasteiger partial charge < -0.3 is 4.74 Å². The molecular weight excluding hydrogens is 382 g/mol. The zero-order valence-electron chi connectivity index (χ0n) is 13.2. The van der Waals surface area contributed by atoms with Gasteiger partial charge in [0.2, 0.25) is 0 Å². The van der Waals surface area contributed by atoms with Gasteiger partial charge in [0, 0.05) is 10.1 Å². The molecule has 0 radical (unpaired) electrons. The standard InChI is InChI=1S/C18H11ClF2N2O2S/c19-15-10-5-1-4-8-13(10)26-16(15)17(24)25-9-14-22-11-6-2-3-7-12(11)23(14)18(20)21/h1-8,18H,9H2. The van der Waals surface area contributed by atoms with E-state index in [1.807, 2.05) is 18.2 Å². The Morgan fingerprint density at radius 2 is 1.92 bits per heavy atom. The first kappa shape index (κ1) is 16.9. The Bertz CT molecular complexity index is 1120. The minimum absolute atomic E-state index is 0.0215. The van der Waals surface area contributed by atoms with Crippen LogP contribution in [0.1, 0.15) is 22.0 Å². The topological polar surface area (TPSA) is 44.1 Å². The maximum absolute atomic E-state index is 13.4. The Labute approximate surface area is 155 Å². The van der Waals surface area contributed by atoms with Crippen LogP contribution in [0.4, 0.5) is 8.78 Å². The van der Waals surface area contributed by atoms with Crippen molar-refractivity contribution in [3.63, 3.8) is 0 Å². The smallest absolute Gasteiger partial charge is 0.350 e. The quantitative estimate of drug-likeness (QED) is 0.421. The van der Waals surface area contributed by atoms with Crippen LogP contribution in [0.5, 0.6) is 0 Å². The van der Waals surface area contributed by atoms with Crippen molar-refractivity contribution in [1.82, 2.24) is 9.55 Å². The predicted octanol–water partition coefficient (Wildman–Crippen LogP) is 5.66. The van der Waals surface area contributed by atoms with Crippen molar-refractivity contribution in [3.05, 3.63) is 64.3 Å². The third-order valence-corrected chi connectivity index (χ3v) is 5.57. The summed E-state index contributed by atoms with van der Waals surface area (Å²) in [7, 11) is 0. The van der Waals surface area contributed by atoms with Crippen LogP contribution in [0.2, 0.25) is 5.02 Å². The first-order valence-electron chi connectivity index (χ1n) is 7.64. The summed E-state index contributed by atoms with van der Waals surface area (Å²) < 4.78 is 33.6. The molecule has 0 spiro atoms. The number of aromatic nitrogens is 2. The third kappa shape index (κ3) is 2.83. The second-order valence-electron chi connectivity index (χ2n) is 5.48. The van der Waals surface area contributed by atoms with Gasteiger partial charge in [-0.15, -0.1) is 11.3 Å². The molecule has 2 aromatic carbocycles. The van der Waals surface area contributed by atoms with E-state index >= 15 is 0 Å². The number of esters is 1. The summed E-state index contributed by atoms with van der Waals surface area (Å²) in [5.41, 5.74) is 0.701. The van der Waals surface area contributed by atoms with E-state index in [2.05, 4.69) is 4.98 Å². The molecule has 4 aromatic rings. The van der Waals surface area contributed by atoms with Crippen LogP contribution in [0.25, 0.3) is 21.1 Å². The number of ether oxygens (including phenoxy) is 1. The molecule has 0 fully saturated rings. The van der Waals surface area contributed by atoms with Gasteiger partial charge >= 0.3 is 12.5 Å².